The molecule has 92 valence electrons. The van der Waals surface area contributed by atoms with Crippen LogP contribution in [-0.4, -0.2) is 37.0 Å². The molecule has 0 bridgehead atoms. The van der Waals surface area contributed by atoms with Crippen LogP contribution in [0.1, 0.15) is 39.0 Å². The van der Waals surface area contributed by atoms with Gasteiger partial charge >= 0.3 is 0 Å². The number of piperidine rings is 2. The summed E-state index contributed by atoms with van der Waals surface area (Å²) in [6.45, 7) is 6.08. The van der Waals surface area contributed by atoms with Crippen molar-refractivity contribution in [3.8, 4) is 0 Å². The van der Waals surface area contributed by atoms with Gasteiger partial charge < -0.3 is 10.2 Å². The Bertz CT molecular complexity index is 228. The van der Waals surface area contributed by atoms with Crippen molar-refractivity contribution in [2.75, 3.05) is 26.2 Å². The summed E-state index contributed by atoms with van der Waals surface area (Å²) < 4.78 is 0. The van der Waals surface area contributed by atoms with Gasteiger partial charge in [0.15, 0.2) is 0 Å². The second kappa shape index (κ2) is 5.67. The Balaban J connectivity index is 1.70. The monoisotopic (exact) mass is 224 g/mol. The predicted octanol–water partition coefficient (Wildman–Crippen LogP) is 1.63. The van der Waals surface area contributed by atoms with Gasteiger partial charge in [0, 0.05) is 20.0 Å². The third-order valence-electron chi connectivity index (χ3n) is 4.19. The Morgan fingerprint density at radius 2 is 1.69 bits per heavy atom. The highest BCUT2D eigenvalue weighted by Crippen LogP contribution is 2.28. The van der Waals surface area contributed by atoms with Crippen molar-refractivity contribution in [3.63, 3.8) is 0 Å². The molecule has 2 heterocycles. The van der Waals surface area contributed by atoms with Crippen LogP contribution >= 0.6 is 0 Å². The van der Waals surface area contributed by atoms with Crippen molar-refractivity contribution in [1.82, 2.24) is 10.2 Å². The first kappa shape index (κ1) is 11.9. The second-order valence-corrected chi connectivity index (χ2v) is 5.38. The van der Waals surface area contributed by atoms with E-state index in [-0.39, 0.29) is 5.91 Å². The van der Waals surface area contributed by atoms with Gasteiger partial charge in [-0.25, -0.2) is 0 Å². The Morgan fingerprint density at radius 3 is 2.25 bits per heavy atom. The molecular weight excluding hydrogens is 200 g/mol. The molecule has 0 unspecified atom stereocenters. The molecule has 0 aliphatic carbocycles. The number of amides is 1. The lowest BCUT2D eigenvalue weighted by Gasteiger charge is -2.34. The van der Waals surface area contributed by atoms with Gasteiger partial charge in [-0.2, -0.15) is 0 Å². The summed E-state index contributed by atoms with van der Waals surface area (Å²) in [6.07, 6.45) is 6.56. The third-order valence-corrected chi connectivity index (χ3v) is 4.19. The van der Waals surface area contributed by atoms with Crippen molar-refractivity contribution in [3.05, 3.63) is 0 Å². The predicted molar refractivity (Wildman–Crippen MR) is 65.2 cm³/mol. The van der Waals surface area contributed by atoms with Gasteiger partial charge in [0.1, 0.15) is 0 Å². The molecule has 3 heteroatoms. The van der Waals surface area contributed by atoms with Crippen LogP contribution in [0.15, 0.2) is 0 Å². The van der Waals surface area contributed by atoms with Crippen molar-refractivity contribution >= 4 is 5.91 Å². The molecule has 2 saturated heterocycles. The van der Waals surface area contributed by atoms with E-state index >= 15 is 0 Å². The highest BCUT2D eigenvalue weighted by atomic mass is 16.2. The van der Waals surface area contributed by atoms with E-state index < -0.39 is 0 Å². The molecule has 2 aliphatic rings. The number of nitrogens with zero attached hydrogens (tertiary/aromatic N) is 1. The van der Waals surface area contributed by atoms with Crippen LogP contribution in [0, 0.1) is 11.8 Å². The van der Waals surface area contributed by atoms with E-state index in [1.54, 1.807) is 6.92 Å². The number of rotatable bonds is 2. The quantitative estimate of drug-likeness (QED) is 0.773. The molecule has 0 atom stereocenters. The minimum Gasteiger partial charge on any atom is -0.343 e. The van der Waals surface area contributed by atoms with E-state index in [2.05, 4.69) is 5.32 Å². The summed E-state index contributed by atoms with van der Waals surface area (Å²) in [5.41, 5.74) is 0. The van der Waals surface area contributed by atoms with E-state index in [0.29, 0.717) is 0 Å². The fourth-order valence-corrected chi connectivity index (χ4v) is 3.07. The summed E-state index contributed by atoms with van der Waals surface area (Å²) in [6, 6.07) is 0. The fourth-order valence-electron chi connectivity index (χ4n) is 3.07. The number of carbonyl (C=O) groups excluding carboxylic acids is 1. The average Bonchev–Trinajstić information content (AvgIpc) is 2.31. The third kappa shape index (κ3) is 3.21. The molecular formula is C13H24N2O. The van der Waals surface area contributed by atoms with E-state index in [4.69, 9.17) is 0 Å². The first-order chi connectivity index (χ1) is 7.75. The molecule has 0 aromatic carbocycles. The highest BCUT2D eigenvalue weighted by molar-refractivity contribution is 5.73. The number of hydrogen-bond donors (Lipinski definition) is 1. The smallest absolute Gasteiger partial charge is 0.219 e. The van der Waals surface area contributed by atoms with Crippen molar-refractivity contribution in [1.29, 1.82) is 0 Å². The van der Waals surface area contributed by atoms with E-state index in [1.165, 1.54) is 45.2 Å². The normalized spacial score (nSPS) is 24.7. The summed E-state index contributed by atoms with van der Waals surface area (Å²) >= 11 is 0. The standard InChI is InChI=1S/C13H24N2O/c1-11(16)15-8-4-13(5-9-15)10-12-2-6-14-7-3-12/h12-14H,2-10H2,1H3. The van der Waals surface area contributed by atoms with Crippen molar-refractivity contribution < 1.29 is 4.79 Å². The van der Waals surface area contributed by atoms with Crippen LogP contribution < -0.4 is 5.32 Å². The summed E-state index contributed by atoms with van der Waals surface area (Å²) in [5, 5.41) is 3.42. The number of nitrogens with one attached hydrogen (secondary N) is 1. The first-order valence-electron chi connectivity index (χ1n) is 6.72. The molecule has 1 N–H and O–H groups in total. The zero-order chi connectivity index (χ0) is 11.4. The molecule has 1 amide bonds. The molecule has 0 spiro atoms. The zero-order valence-electron chi connectivity index (χ0n) is 10.4. The number of hydrogen-bond acceptors (Lipinski definition) is 2. The lowest BCUT2D eigenvalue weighted by molar-refractivity contribution is -0.130. The maximum atomic E-state index is 11.2. The summed E-state index contributed by atoms with van der Waals surface area (Å²) in [5.74, 6) is 2.06. The van der Waals surface area contributed by atoms with Crippen LogP contribution in [0.2, 0.25) is 0 Å². The fraction of sp³-hybridized carbons (Fsp3) is 0.923. The summed E-state index contributed by atoms with van der Waals surface area (Å²) in [7, 11) is 0. The SMILES string of the molecule is CC(=O)N1CCC(CC2CCNCC2)CC1. The highest BCUT2D eigenvalue weighted by Gasteiger charge is 2.24. The number of likely N-dealkylation sites (tertiary alicyclic amines) is 1. The van der Waals surface area contributed by atoms with Crippen LogP contribution in [0.3, 0.4) is 0 Å². The molecule has 16 heavy (non-hydrogen) atoms. The van der Waals surface area contributed by atoms with E-state index in [0.717, 1.165) is 24.9 Å². The Labute approximate surface area is 98.6 Å². The van der Waals surface area contributed by atoms with Gasteiger partial charge in [-0.1, -0.05) is 0 Å². The van der Waals surface area contributed by atoms with E-state index in [9.17, 15) is 4.79 Å². The molecule has 2 fully saturated rings. The van der Waals surface area contributed by atoms with Crippen molar-refractivity contribution in [2.45, 2.75) is 39.0 Å². The largest absolute Gasteiger partial charge is 0.343 e. The van der Waals surface area contributed by atoms with E-state index in [1.807, 2.05) is 4.90 Å². The first-order valence-corrected chi connectivity index (χ1v) is 6.72. The molecule has 0 aromatic rings. The second-order valence-electron chi connectivity index (χ2n) is 5.38. The van der Waals surface area contributed by atoms with Gasteiger partial charge in [0.25, 0.3) is 0 Å². The topological polar surface area (TPSA) is 32.3 Å². The zero-order valence-corrected chi connectivity index (χ0v) is 10.4. The van der Waals surface area contributed by atoms with Gasteiger partial charge in [-0.3, -0.25) is 4.79 Å². The van der Waals surface area contributed by atoms with Crippen LogP contribution in [0.5, 0.6) is 0 Å². The summed E-state index contributed by atoms with van der Waals surface area (Å²) in [4.78, 5) is 13.2. The Kier molecular flexibility index (Phi) is 4.22. The lowest BCUT2D eigenvalue weighted by atomic mass is 9.83. The van der Waals surface area contributed by atoms with Crippen molar-refractivity contribution in [2.24, 2.45) is 11.8 Å². The van der Waals surface area contributed by atoms with Gasteiger partial charge in [0.2, 0.25) is 5.91 Å². The van der Waals surface area contributed by atoms with Crippen LogP contribution in [-0.2, 0) is 4.79 Å². The minimum absolute atomic E-state index is 0.250. The molecule has 0 saturated carbocycles. The van der Waals surface area contributed by atoms with Gasteiger partial charge in [0.05, 0.1) is 0 Å². The Morgan fingerprint density at radius 1 is 1.12 bits per heavy atom. The maximum absolute atomic E-state index is 11.2. The molecule has 2 rings (SSSR count). The van der Waals surface area contributed by atoms with Crippen LogP contribution in [0.4, 0.5) is 0 Å². The molecule has 3 nitrogen and oxygen atoms in total. The Hall–Kier alpha value is -0.570. The van der Waals surface area contributed by atoms with Gasteiger partial charge in [-0.15, -0.1) is 0 Å². The molecule has 0 radical (unpaired) electrons. The average molecular weight is 224 g/mol. The van der Waals surface area contributed by atoms with Crippen LogP contribution in [0.25, 0.3) is 0 Å². The minimum atomic E-state index is 0.250. The number of carbonyl (C=O) groups is 1. The maximum Gasteiger partial charge on any atom is 0.219 e. The molecule has 2 aliphatic heterocycles. The lowest BCUT2D eigenvalue weighted by Crippen LogP contribution is -2.38. The van der Waals surface area contributed by atoms with Gasteiger partial charge in [-0.05, 0) is 57.0 Å². The molecule has 0 aromatic heterocycles.